The minimum absolute atomic E-state index is 0.0532. The molecule has 1 amide bonds. The predicted molar refractivity (Wildman–Crippen MR) is 94.7 cm³/mol. The fourth-order valence-electron chi connectivity index (χ4n) is 2.85. The van der Waals surface area contributed by atoms with Crippen molar-refractivity contribution >= 4 is 28.9 Å². The van der Waals surface area contributed by atoms with Crippen LogP contribution in [0.3, 0.4) is 0 Å². The number of carboxylic acid groups (broad SMARTS) is 1. The van der Waals surface area contributed by atoms with Crippen LogP contribution in [-0.4, -0.2) is 32.8 Å². The Morgan fingerprint density at radius 3 is 2.68 bits per heavy atom. The number of benzene rings is 1. The van der Waals surface area contributed by atoms with Gasteiger partial charge in [0.05, 0.1) is 16.6 Å². The monoisotopic (exact) mass is 358 g/mol. The van der Waals surface area contributed by atoms with E-state index < -0.39 is 5.97 Å². The molecule has 6 nitrogen and oxygen atoms in total. The Kier molecular flexibility index (Phi) is 5.14. The highest BCUT2D eigenvalue weighted by molar-refractivity contribution is 7.12. The molecule has 0 bridgehead atoms. The SMILES string of the molecule is O=C(O)CCCC(=O)N1N=C(c2cccs2)CC1c1ccccc1O. The zero-order chi connectivity index (χ0) is 17.8. The van der Waals surface area contributed by atoms with Crippen molar-refractivity contribution < 1.29 is 19.8 Å². The molecule has 2 aromatic rings. The number of carbonyl (C=O) groups is 2. The number of hydrogen-bond acceptors (Lipinski definition) is 5. The van der Waals surface area contributed by atoms with Gasteiger partial charge in [0.15, 0.2) is 0 Å². The molecular weight excluding hydrogens is 340 g/mol. The van der Waals surface area contributed by atoms with Crippen LogP contribution in [0, 0.1) is 0 Å². The second-order valence-corrected chi connectivity index (χ2v) is 6.74. The topological polar surface area (TPSA) is 90.2 Å². The number of rotatable bonds is 6. The minimum atomic E-state index is -0.922. The summed E-state index contributed by atoms with van der Waals surface area (Å²) < 4.78 is 0. The quantitative estimate of drug-likeness (QED) is 0.828. The van der Waals surface area contributed by atoms with Gasteiger partial charge in [0, 0.05) is 24.8 Å². The van der Waals surface area contributed by atoms with Crippen LogP contribution in [0.25, 0.3) is 0 Å². The maximum Gasteiger partial charge on any atom is 0.303 e. The Morgan fingerprint density at radius 2 is 2.00 bits per heavy atom. The van der Waals surface area contributed by atoms with Gasteiger partial charge in [-0.1, -0.05) is 24.3 Å². The van der Waals surface area contributed by atoms with Crippen LogP contribution in [-0.2, 0) is 9.59 Å². The van der Waals surface area contributed by atoms with Crippen molar-refractivity contribution in [3.8, 4) is 5.75 Å². The molecule has 0 fully saturated rings. The first-order chi connectivity index (χ1) is 12.1. The summed E-state index contributed by atoms with van der Waals surface area (Å²) in [5.41, 5.74) is 1.44. The second-order valence-electron chi connectivity index (χ2n) is 5.79. The fraction of sp³-hybridized carbons (Fsp3) is 0.278. The third-order valence-corrected chi connectivity index (χ3v) is 4.97. The lowest BCUT2D eigenvalue weighted by atomic mass is 10.00. The van der Waals surface area contributed by atoms with Crippen LogP contribution in [0.5, 0.6) is 5.75 Å². The lowest BCUT2D eigenvalue weighted by Crippen LogP contribution is -2.27. The standard InChI is InChI=1S/C18H18N2O4S/c21-15-6-2-1-5-12(15)14-11-13(16-7-4-10-25-16)19-20(14)17(22)8-3-9-18(23)24/h1-2,4-7,10,14,21H,3,8-9,11H2,(H,23,24). The van der Waals surface area contributed by atoms with Crippen LogP contribution < -0.4 is 0 Å². The van der Waals surface area contributed by atoms with E-state index in [1.165, 1.54) is 5.01 Å². The molecule has 25 heavy (non-hydrogen) atoms. The molecule has 2 heterocycles. The molecule has 0 saturated carbocycles. The van der Waals surface area contributed by atoms with Gasteiger partial charge < -0.3 is 10.2 Å². The Bertz CT molecular complexity index is 801. The lowest BCUT2D eigenvalue weighted by molar-refractivity contribution is -0.137. The number of phenolic OH excluding ortho intramolecular Hbond substituents is 1. The molecule has 130 valence electrons. The van der Waals surface area contributed by atoms with Crippen molar-refractivity contribution in [1.82, 2.24) is 5.01 Å². The highest BCUT2D eigenvalue weighted by Gasteiger charge is 2.34. The van der Waals surface area contributed by atoms with E-state index in [0.717, 1.165) is 10.6 Å². The summed E-state index contributed by atoms with van der Waals surface area (Å²) >= 11 is 1.55. The van der Waals surface area contributed by atoms with Gasteiger partial charge in [-0.2, -0.15) is 5.10 Å². The van der Waals surface area contributed by atoms with Gasteiger partial charge in [0.1, 0.15) is 5.75 Å². The number of amides is 1. The molecular formula is C18H18N2O4S. The van der Waals surface area contributed by atoms with Gasteiger partial charge in [-0.05, 0) is 23.9 Å². The zero-order valence-corrected chi connectivity index (χ0v) is 14.3. The van der Waals surface area contributed by atoms with E-state index >= 15 is 0 Å². The molecule has 0 radical (unpaired) electrons. The van der Waals surface area contributed by atoms with E-state index in [9.17, 15) is 14.7 Å². The normalized spacial score (nSPS) is 16.7. The van der Waals surface area contributed by atoms with E-state index in [4.69, 9.17) is 5.11 Å². The number of carboxylic acids is 1. The summed E-state index contributed by atoms with van der Waals surface area (Å²) in [6.45, 7) is 0. The average Bonchev–Trinajstić information content (AvgIpc) is 3.24. The molecule has 1 aliphatic rings. The molecule has 1 atom stereocenters. The van der Waals surface area contributed by atoms with E-state index in [1.54, 1.807) is 29.5 Å². The van der Waals surface area contributed by atoms with Crippen molar-refractivity contribution in [3.05, 3.63) is 52.2 Å². The molecule has 7 heteroatoms. The first kappa shape index (κ1) is 17.2. The summed E-state index contributed by atoms with van der Waals surface area (Å²) in [4.78, 5) is 24.2. The smallest absolute Gasteiger partial charge is 0.303 e. The summed E-state index contributed by atoms with van der Waals surface area (Å²) in [6, 6.07) is 10.4. The number of hydrazone groups is 1. The highest BCUT2D eigenvalue weighted by Crippen LogP contribution is 2.37. The summed E-state index contributed by atoms with van der Waals surface area (Å²) in [6.07, 6.45) is 0.838. The fourth-order valence-corrected chi connectivity index (χ4v) is 3.57. The molecule has 0 aliphatic carbocycles. The van der Waals surface area contributed by atoms with E-state index in [1.807, 2.05) is 23.6 Å². The summed E-state index contributed by atoms with van der Waals surface area (Å²) in [7, 11) is 0. The molecule has 1 aromatic carbocycles. The molecule has 2 N–H and O–H groups in total. The van der Waals surface area contributed by atoms with Crippen LogP contribution >= 0.6 is 11.3 Å². The van der Waals surface area contributed by atoms with Crippen LogP contribution in [0.4, 0.5) is 0 Å². The van der Waals surface area contributed by atoms with Crippen molar-refractivity contribution in [2.24, 2.45) is 5.10 Å². The number of aliphatic carboxylic acids is 1. The van der Waals surface area contributed by atoms with E-state index in [0.29, 0.717) is 12.0 Å². The van der Waals surface area contributed by atoms with Gasteiger partial charge in [-0.3, -0.25) is 9.59 Å². The summed E-state index contributed by atoms with van der Waals surface area (Å²) in [5.74, 6) is -1.03. The van der Waals surface area contributed by atoms with Gasteiger partial charge in [-0.25, -0.2) is 5.01 Å². The number of para-hydroxylation sites is 1. The van der Waals surface area contributed by atoms with Gasteiger partial charge in [0.2, 0.25) is 5.91 Å². The zero-order valence-electron chi connectivity index (χ0n) is 13.5. The van der Waals surface area contributed by atoms with Crippen LogP contribution in [0.15, 0.2) is 46.9 Å². The third kappa shape index (κ3) is 3.88. The maximum atomic E-state index is 12.6. The molecule has 0 spiro atoms. The average molecular weight is 358 g/mol. The molecule has 3 rings (SSSR count). The maximum absolute atomic E-state index is 12.6. The largest absolute Gasteiger partial charge is 0.508 e. The number of hydrogen-bond donors (Lipinski definition) is 2. The van der Waals surface area contributed by atoms with Crippen molar-refractivity contribution in [1.29, 1.82) is 0 Å². The molecule has 1 aromatic heterocycles. The first-order valence-corrected chi connectivity index (χ1v) is 8.87. The third-order valence-electron chi connectivity index (χ3n) is 4.05. The Morgan fingerprint density at radius 1 is 1.20 bits per heavy atom. The van der Waals surface area contributed by atoms with Crippen LogP contribution in [0.2, 0.25) is 0 Å². The van der Waals surface area contributed by atoms with Gasteiger partial charge in [0.25, 0.3) is 0 Å². The second kappa shape index (κ2) is 7.48. The van der Waals surface area contributed by atoms with Crippen molar-refractivity contribution in [2.75, 3.05) is 0 Å². The van der Waals surface area contributed by atoms with Crippen molar-refractivity contribution in [2.45, 2.75) is 31.7 Å². The van der Waals surface area contributed by atoms with E-state index in [-0.39, 0.29) is 37.0 Å². The Hall–Kier alpha value is -2.67. The Labute approximate surface area is 149 Å². The number of carbonyl (C=O) groups excluding carboxylic acids is 1. The minimum Gasteiger partial charge on any atom is -0.508 e. The van der Waals surface area contributed by atoms with Gasteiger partial charge in [-0.15, -0.1) is 11.3 Å². The van der Waals surface area contributed by atoms with Crippen molar-refractivity contribution in [3.63, 3.8) is 0 Å². The van der Waals surface area contributed by atoms with Crippen LogP contribution in [0.1, 0.15) is 42.2 Å². The molecule has 1 aliphatic heterocycles. The first-order valence-electron chi connectivity index (χ1n) is 7.99. The number of phenols is 1. The van der Waals surface area contributed by atoms with E-state index in [2.05, 4.69) is 5.10 Å². The van der Waals surface area contributed by atoms with Gasteiger partial charge >= 0.3 is 5.97 Å². The number of nitrogens with zero attached hydrogens (tertiary/aromatic N) is 2. The molecule has 1 unspecified atom stereocenters. The number of aromatic hydroxyl groups is 1. The lowest BCUT2D eigenvalue weighted by Gasteiger charge is -2.22. The Balaban J connectivity index is 1.84. The molecule has 0 saturated heterocycles. The summed E-state index contributed by atoms with van der Waals surface area (Å²) in [5, 5.41) is 26.7. The highest BCUT2D eigenvalue weighted by atomic mass is 32.1. The predicted octanol–water partition coefficient (Wildman–Crippen LogP) is 3.39. The number of thiophene rings is 1.